The number of hydrogen-bond donors (Lipinski definition) is 0. The van der Waals surface area contributed by atoms with Crippen LogP contribution in [-0.4, -0.2) is 20.5 Å². The fraction of sp³-hybridized carbons (Fsp3) is 0.188. The topological polar surface area (TPSA) is 47.8 Å². The van der Waals surface area contributed by atoms with E-state index in [2.05, 4.69) is 10.2 Å². The molecule has 0 atom stereocenters. The molecule has 2 heterocycles. The van der Waals surface area contributed by atoms with E-state index in [1.165, 1.54) is 11.3 Å². The fourth-order valence-electron chi connectivity index (χ4n) is 2.38. The van der Waals surface area contributed by atoms with Gasteiger partial charge in [-0.3, -0.25) is 9.36 Å². The Hall–Kier alpha value is -1.69. The van der Waals surface area contributed by atoms with Crippen LogP contribution in [-0.2, 0) is 5.88 Å². The number of aromatic nitrogens is 3. The van der Waals surface area contributed by atoms with Crippen molar-refractivity contribution in [2.24, 2.45) is 0 Å². The number of rotatable bonds is 4. The van der Waals surface area contributed by atoms with Gasteiger partial charge in [0.1, 0.15) is 10.8 Å². The van der Waals surface area contributed by atoms with E-state index in [-0.39, 0.29) is 11.7 Å². The summed E-state index contributed by atoms with van der Waals surface area (Å²) in [6.45, 7) is 3.79. The third-order valence-electron chi connectivity index (χ3n) is 3.41. The minimum absolute atomic E-state index is 0.122. The standard InChI is InChI=1S/C16H13Cl2N3OS/c1-9-7-12(15(22)11-5-3-4-6-13(11)18)16(23-9)21-10(2)19-20-14(21)8-17/h3-7H,8H2,1-2H3. The maximum Gasteiger partial charge on any atom is 0.197 e. The van der Waals surface area contributed by atoms with Crippen molar-refractivity contribution in [2.45, 2.75) is 19.7 Å². The average Bonchev–Trinajstić information content (AvgIpc) is 3.09. The second-order valence-electron chi connectivity index (χ2n) is 5.02. The van der Waals surface area contributed by atoms with Crippen molar-refractivity contribution in [1.82, 2.24) is 14.8 Å². The first-order valence-corrected chi connectivity index (χ1v) is 8.62. The van der Waals surface area contributed by atoms with E-state index >= 15 is 0 Å². The molecule has 1 aromatic carbocycles. The molecule has 2 aromatic heterocycles. The van der Waals surface area contributed by atoms with Crippen LogP contribution in [0.15, 0.2) is 30.3 Å². The number of halogens is 2. The van der Waals surface area contributed by atoms with Gasteiger partial charge < -0.3 is 0 Å². The van der Waals surface area contributed by atoms with Crippen LogP contribution in [0.1, 0.15) is 32.4 Å². The summed E-state index contributed by atoms with van der Waals surface area (Å²) in [5, 5.41) is 9.33. The molecule has 0 aliphatic carbocycles. The summed E-state index contributed by atoms with van der Waals surface area (Å²) in [7, 11) is 0. The second-order valence-corrected chi connectivity index (χ2v) is 6.93. The molecule has 0 saturated heterocycles. The lowest BCUT2D eigenvalue weighted by molar-refractivity contribution is 0.103. The van der Waals surface area contributed by atoms with Gasteiger partial charge in [-0.1, -0.05) is 23.7 Å². The van der Waals surface area contributed by atoms with Gasteiger partial charge >= 0.3 is 0 Å². The number of nitrogens with zero attached hydrogens (tertiary/aromatic N) is 3. The van der Waals surface area contributed by atoms with E-state index in [9.17, 15) is 4.79 Å². The van der Waals surface area contributed by atoms with Gasteiger partial charge in [-0.05, 0) is 32.0 Å². The fourth-order valence-corrected chi connectivity index (χ4v) is 3.84. The van der Waals surface area contributed by atoms with E-state index in [4.69, 9.17) is 23.2 Å². The van der Waals surface area contributed by atoms with E-state index in [1.54, 1.807) is 24.3 Å². The van der Waals surface area contributed by atoms with Gasteiger partial charge in [0, 0.05) is 10.4 Å². The number of carbonyl (C=O) groups is 1. The lowest BCUT2D eigenvalue weighted by atomic mass is 10.0. The molecule has 3 aromatic rings. The molecule has 7 heteroatoms. The van der Waals surface area contributed by atoms with E-state index < -0.39 is 0 Å². The Labute approximate surface area is 147 Å². The van der Waals surface area contributed by atoms with Crippen LogP contribution in [0.5, 0.6) is 0 Å². The summed E-state index contributed by atoms with van der Waals surface area (Å²) in [6, 6.07) is 8.90. The molecule has 0 unspecified atom stereocenters. The van der Waals surface area contributed by atoms with Gasteiger partial charge in [0.15, 0.2) is 11.6 Å². The minimum atomic E-state index is -0.122. The first-order valence-electron chi connectivity index (χ1n) is 6.89. The number of thiophene rings is 1. The highest BCUT2D eigenvalue weighted by atomic mass is 35.5. The smallest absolute Gasteiger partial charge is 0.197 e. The van der Waals surface area contributed by atoms with Crippen molar-refractivity contribution in [1.29, 1.82) is 0 Å². The maximum absolute atomic E-state index is 12.9. The zero-order chi connectivity index (χ0) is 16.6. The van der Waals surface area contributed by atoms with Crippen LogP contribution < -0.4 is 0 Å². The molecular formula is C16H13Cl2N3OS. The van der Waals surface area contributed by atoms with Gasteiger partial charge in [0.05, 0.1) is 16.5 Å². The first-order chi connectivity index (χ1) is 11.0. The van der Waals surface area contributed by atoms with Gasteiger partial charge in [-0.25, -0.2) is 0 Å². The predicted octanol–water partition coefficient (Wildman–Crippen LogP) is 4.57. The zero-order valence-corrected chi connectivity index (χ0v) is 14.8. The number of benzene rings is 1. The van der Waals surface area contributed by atoms with Crippen LogP contribution in [0.2, 0.25) is 5.02 Å². The van der Waals surface area contributed by atoms with Crippen LogP contribution in [0.3, 0.4) is 0 Å². The van der Waals surface area contributed by atoms with Crippen LogP contribution >= 0.6 is 34.5 Å². The molecule has 0 amide bonds. The summed E-state index contributed by atoms with van der Waals surface area (Å²) in [4.78, 5) is 14.0. The SMILES string of the molecule is Cc1cc(C(=O)c2ccccc2Cl)c(-n2c(C)nnc2CCl)s1. The molecule has 4 nitrogen and oxygen atoms in total. The van der Waals surface area contributed by atoms with Crippen molar-refractivity contribution in [2.75, 3.05) is 0 Å². The molecule has 0 radical (unpaired) electrons. The minimum Gasteiger partial charge on any atom is -0.288 e. The Balaban J connectivity index is 2.17. The summed E-state index contributed by atoms with van der Waals surface area (Å²) in [5.74, 6) is 1.40. The summed E-state index contributed by atoms with van der Waals surface area (Å²) in [6.07, 6.45) is 0. The van der Waals surface area contributed by atoms with Gasteiger partial charge in [0.25, 0.3) is 0 Å². The summed E-state index contributed by atoms with van der Waals surface area (Å²) < 4.78 is 1.83. The molecule has 0 aliphatic rings. The van der Waals surface area contributed by atoms with Gasteiger partial charge in [-0.2, -0.15) is 0 Å². The quantitative estimate of drug-likeness (QED) is 0.502. The van der Waals surface area contributed by atoms with Crippen molar-refractivity contribution in [3.05, 3.63) is 63.0 Å². The normalized spacial score (nSPS) is 11.0. The number of ketones is 1. The molecule has 0 spiro atoms. The Kier molecular flexibility index (Phi) is 4.53. The number of aryl methyl sites for hydroxylation is 2. The highest BCUT2D eigenvalue weighted by molar-refractivity contribution is 7.15. The molecular weight excluding hydrogens is 353 g/mol. The molecule has 0 N–H and O–H groups in total. The highest BCUT2D eigenvalue weighted by Gasteiger charge is 2.22. The van der Waals surface area contributed by atoms with E-state index in [0.717, 1.165) is 9.88 Å². The molecule has 0 aliphatic heterocycles. The Morgan fingerprint density at radius 1 is 1.22 bits per heavy atom. The maximum atomic E-state index is 12.9. The third-order valence-corrected chi connectivity index (χ3v) is 5.02. The van der Waals surface area contributed by atoms with Crippen LogP contribution in [0, 0.1) is 13.8 Å². The van der Waals surface area contributed by atoms with Crippen molar-refractivity contribution in [3.8, 4) is 5.00 Å². The number of hydrogen-bond acceptors (Lipinski definition) is 4. The molecule has 3 rings (SSSR count). The van der Waals surface area contributed by atoms with E-state index in [0.29, 0.717) is 27.8 Å². The second kappa shape index (κ2) is 6.43. The van der Waals surface area contributed by atoms with E-state index in [1.807, 2.05) is 24.5 Å². The van der Waals surface area contributed by atoms with Crippen LogP contribution in [0.25, 0.3) is 5.00 Å². The number of carbonyl (C=O) groups excluding carboxylic acids is 1. The van der Waals surface area contributed by atoms with Crippen molar-refractivity contribution >= 4 is 40.3 Å². The first kappa shape index (κ1) is 16.2. The van der Waals surface area contributed by atoms with Crippen molar-refractivity contribution in [3.63, 3.8) is 0 Å². The molecule has 0 saturated carbocycles. The third kappa shape index (κ3) is 2.92. The van der Waals surface area contributed by atoms with Crippen molar-refractivity contribution < 1.29 is 4.79 Å². The molecule has 0 fully saturated rings. The lowest BCUT2D eigenvalue weighted by Crippen LogP contribution is -2.08. The Morgan fingerprint density at radius 2 is 1.96 bits per heavy atom. The van der Waals surface area contributed by atoms with Gasteiger partial charge in [-0.15, -0.1) is 33.1 Å². The zero-order valence-electron chi connectivity index (χ0n) is 12.5. The Morgan fingerprint density at radius 3 is 2.65 bits per heavy atom. The Bertz CT molecular complexity index is 885. The molecule has 118 valence electrons. The summed E-state index contributed by atoms with van der Waals surface area (Å²) >= 11 is 13.6. The monoisotopic (exact) mass is 365 g/mol. The molecule has 23 heavy (non-hydrogen) atoms. The number of alkyl halides is 1. The average molecular weight is 366 g/mol. The van der Waals surface area contributed by atoms with Gasteiger partial charge in [0.2, 0.25) is 0 Å². The lowest BCUT2D eigenvalue weighted by Gasteiger charge is -2.08. The summed E-state index contributed by atoms with van der Waals surface area (Å²) in [5.41, 5.74) is 1.06. The predicted molar refractivity (Wildman–Crippen MR) is 93.2 cm³/mol. The largest absolute Gasteiger partial charge is 0.288 e. The van der Waals surface area contributed by atoms with Crippen LogP contribution in [0.4, 0.5) is 0 Å². The highest BCUT2D eigenvalue weighted by Crippen LogP contribution is 2.31. The molecule has 0 bridgehead atoms.